The Morgan fingerprint density at radius 3 is 2.47 bits per heavy atom. The predicted molar refractivity (Wildman–Crippen MR) is 131 cm³/mol. The molecule has 0 amide bonds. The van der Waals surface area contributed by atoms with Crippen LogP contribution in [0.15, 0.2) is 89.5 Å². The van der Waals surface area contributed by atoms with E-state index in [0.29, 0.717) is 5.75 Å². The Kier molecular flexibility index (Phi) is 7.46. The molecule has 4 aromatic rings. The molecule has 7 nitrogen and oxygen atoms in total. The van der Waals surface area contributed by atoms with Gasteiger partial charge in [-0.25, -0.2) is 13.4 Å². The Balaban J connectivity index is 1.61. The number of hydrogen-bond acceptors (Lipinski definition) is 7. The van der Waals surface area contributed by atoms with Crippen LogP contribution < -0.4 is 4.74 Å². The molecule has 0 spiro atoms. The molecule has 2 aromatic heterocycles. The number of Topliss-reactive ketones (excluding diaryl/α,β-unsaturated/α-hetero) is 1. The lowest BCUT2D eigenvalue weighted by atomic mass is 10.1. The summed E-state index contributed by atoms with van der Waals surface area (Å²) in [4.78, 5) is 19.7. The zero-order valence-electron chi connectivity index (χ0n) is 18.5. The molecule has 0 atom stereocenters. The number of carbonyl (C=O) groups excluding carboxylic acids is 1. The van der Waals surface area contributed by atoms with Crippen LogP contribution >= 0.6 is 11.3 Å². The normalized spacial score (nSPS) is 11.5. The van der Waals surface area contributed by atoms with Gasteiger partial charge in [-0.1, -0.05) is 36.4 Å². The molecule has 34 heavy (non-hydrogen) atoms. The van der Waals surface area contributed by atoms with Gasteiger partial charge >= 0.3 is 0 Å². The van der Waals surface area contributed by atoms with E-state index in [2.05, 4.69) is 9.97 Å². The van der Waals surface area contributed by atoms with Gasteiger partial charge in [0.2, 0.25) is 10.0 Å². The molecule has 2 aromatic carbocycles. The van der Waals surface area contributed by atoms with E-state index >= 15 is 0 Å². The largest absolute Gasteiger partial charge is 0.486 e. The van der Waals surface area contributed by atoms with Crippen molar-refractivity contribution in [3.63, 3.8) is 0 Å². The minimum atomic E-state index is -3.82. The lowest BCUT2D eigenvalue weighted by molar-refractivity contribution is -0.118. The van der Waals surface area contributed by atoms with Gasteiger partial charge in [0.05, 0.1) is 0 Å². The number of rotatable bonds is 10. The average Bonchev–Trinajstić information content (AvgIpc) is 3.39. The molecular formula is C25H23N3O4S2. The second-order valence-corrected chi connectivity index (χ2v) is 10.5. The number of ketones is 1. The van der Waals surface area contributed by atoms with Crippen molar-refractivity contribution in [3.05, 3.63) is 95.8 Å². The molecule has 4 rings (SSSR count). The molecule has 0 fully saturated rings. The Morgan fingerprint density at radius 2 is 1.79 bits per heavy atom. The number of pyridine rings is 1. The van der Waals surface area contributed by atoms with E-state index in [0.717, 1.165) is 21.7 Å². The summed E-state index contributed by atoms with van der Waals surface area (Å²) >= 11 is 1.55. The van der Waals surface area contributed by atoms with Crippen molar-refractivity contribution >= 4 is 27.1 Å². The smallest absolute Gasteiger partial charge is 0.245 e. The summed E-state index contributed by atoms with van der Waals surface area (Å²) in [5.41, 5.74) is 2.57. The van der Waals surface area contributed by atoms with Gasteiger partial charge in [-0.2, -0.15) is 4.31 Å². The van der Waals surface area contributed by atoms with Crippen molar-refractivity contribution in [2.24, 2.45) is 0 Å². The van der Waals surface area contributed by atoms with Crippen LogP contribution in [-0.2, 0) is 27.9 Å². The SMILES string of the molecule is CC(=O)COc1cccc(CN(Cc2ccc(-c3nccs3)cc2)S(=O)(=O)c2cccnc2)c1. The van der Waals surface area contributed by atoms with Crippen LogP contribution in [0.25, 0.3) is 10.6 Å². The Hall–Kier alpha value is -3.40. The standard InChI is InChI=1S/C25H23N3O4S2/c1-19(29)18-32-23-5-2-4-21(14-23)17-28(34(30,31)24-6-3-11-26-15-24)16-20-7-9-22(10-8-20)25-27-12-13-33-25/h2-15H,16-18H2,1H3. The van der Waals surface area contributed by atoms with Gasteiger partial charge < -0.3 is 4.74 Å². The van der Waals surface area contributed by atoms with Crippen molar-refractivity contribution in [2.45, 2.75) is 24.9 Å². The second kappa shape index (κ2) is 10.7. The third kappa shape index (κ3) is 5.93. The molecule has 0 unspecified atom stereocenters. The van der Waals surface area contributed by atoms with Crippen LogP contribution in [-0.4, -0.2) is 35.1 Å². The first-order valence-electron chi connectivity index (χ1n) is 10.5. The highest BCUT2D eigenvalue weighted by Gasteiger charge is 2.25. The molecule has 0 aliphatic carbocycles. The fourth-order valence-electron chi connectivity index (χ4n) is 3.32. The minimum absolute atomic E-state index is 0.0351. The van der Waals surface area contributed by atoms with E-state index in [1.54, 1.807) is 41.8 Å². The lowest BCUT2D eigenvalue weighted by Gasteiger charge is -2.23. The van der Waals surface area contributed by atoms with E-state index in [-0.39, 0.29) is 30.4 Å². The van der Waals surface area contributed by atoms with E-state index in [1.165, 1.54) is 29.7 Å². The third-order valence-electron chi connectivity index (χ3n) is 4.96. The number of aromatic nitrogens is 2. The first-order valence-corrected chi connectivity index (χ1v) is 12.8. The van der Waals surface area contributed by atoms with Gasteiger partial charge in [-0.15, -0.1) is 11.3 Å². The van der Waals surface area contributed by atoms with Crippen LogP contribution in [0, 0.1) is 0 Å². The number of hydrogen-bond donors (Lipinski definition) is 0. The van der Waals surface area contributed by atoms with Crippen LogP contribution in [0.1, 0.15) is 18.1 Å². The maximum Gasteiger partial charge on any atom is 0.245 e. The quantitative estimate of drug-likeness (QED) is 0.322. The van der Waals surface area contributed by atoms with Crippen LogP contribution in [0.4, 0.5) is 0 Å². The monoisotopic (exact) mass is 493 g/mol. The molecule has 174 valence electrons. The molecule has 0 bridgehead atoms. The maximum absolute atomic E-state index is 13.5. The van der Waals surface area contributed by atoms with Crippen LogP contribution in [0.5, 0.6) is 5.75 Å². The number of nitrogens with zero attached hydrogens (tertiary/aromatic N) is 3. The van der Waals surface area contributed by atoms with E-state index in [1.807, 2.05) is 35.7 Å². The predicted octanol–water partition coefficient (Wildman–Crippen LogP) is 4.56. The highest BCUT2D eigenvalue weighted by molar-refractivity contribution is 7.89. The first-order chi connectivity index (χ1) is 16.4. The van der Waals surface area contributed by atoms with E-state index < -0.39 is 10.0 Å². The summed E-state index contributed by atoms with van der Waals surface area (Å²) < 4.78 is 33.9. The van der Waals surface area contributed by atoms with Crippen molar-refractivity contribution < 1.29 is 17.9 Å². The molecule has 0 saturated heterocycles. The summed E-state index contributed by atoms with van der Waals surface area (Å²) in [7, 11) is -3.82. The van der Waals surface area contributed by atoms with E-state index in [4.69, 9.17) is 4.74 Å². The summed E-state index contributed by atoms with van der Waals surface area (Å²) in [6.45, 7) is 1.72. The summed E-state index contributed by atoms with van der Waals surface area (Å²) in [5, 5.41) is 2.83. The summed E-state index contributed by atoms with van der Waals surface area (Å²) in [5.74, 6) is 0.423. The molecule has 2 heterocycles. The van der Waals surface area contributed by atoms with Gasteiger partial charge in [0.15, 0.2) is 5.78 Å². The van der Waals surface area contributed by atoms with Crippen LogP contribution in [0.2, 0.25) is 0 Å². The number of ether oxygens (including phenoxy) is 1. The number of benzene rings is 2. The fourth-order valence-corrected chi connectivity index (χ4v) is 5.34. The Morgan fingerprint density at radius 1 is 1.00 bits per heavy atom. The fraction of sp³-hybridized carbons (Fsp3) is 0.160. The number of carbonyl (C=O) groups is 1. The van der Waals surface area contributed by atoms with Gasteiger partial charge in [-0.05, 0) is 42.3 Å². The molecule has 0 radical (unpaired) electrons. The van der Waals surface area contributed by atoms with E-state index in [9.17, 15) is 13.2 Å². The molecule has 0 aliphatic rings. The minimum Gasteiger partial charge on any atom is -0.486 e. The van der Waals surface area contributed by atoms with Gasteiger partial charge in [-0.3, -0.25) is 9.78 Å². The van der Waals surface area contributed by atoms with Crippen molar-refractivity contribution in [2.75, 3.05) is 6.61 Å². The molecule has 0 saturated carbocycles. The second-order valence-electron chi connectivity index (χ2n) is 7.63. The van der Waals surface area contributed by atoms with Gasteiger partial charge in [0.1, 0.15) is 22.3 Å². The Labute approximate surface area is 202 Å². The topological polar surface area (TPSA) is 89.5 Å². The van der Waals surface area contributed by atoms with Gasteiger partial charge in [0.25, 0.3) is 0 Å². The lowest BCUT2D eigenvalue weighted by Crippen LogP contribution is -2.30. The number of sulfonamides is 1. The summed E-state index contributed by atoms with van der Waals surface area (Å²) in [6, 6.07) is 17.9. The first kappa shape index (κ1) is 23.7. The highest BCUT2D eigenvalue weighted by atomic mass is 32.2. The Bertz CT molecular complexity index is 1340. The zero-order chi connectivity index (χ0) is 24.0. The molecular weight excluding hydrogens is 470 g/mol. The van der Waals surface area contributed by atoms with Crippen molar-refractivity contribution in [1.29, 1.82) is 0 Å². The highest BCUT2D eigenvalue weighted by Crippen LogP contribution is 2.25. The maximum atomic E-state index is 13.5. The molecule has 0 N–H and O–H groups in total. The third-order valence-corrected chi connectivity index (χ3v) is 7.56. The zero-order valence-corrected chi connectivity index (χ0v) is 20.1. The molecule has 9 heteroatoms. The number of thiazole rings is 1. The van der Waals surface area contributed by atoms with Crippen LogP contribution in [0.3, 0.4) is 0 Å². The molecule has 0 aliphatic heterocycles. The van der Waals surface area contributed by atoms with Gasteiger partial charge in [0, 0.05) is 42.6 Å². The average molecular weight is 494 g/mol. The summed E-state index contributed by atoms with van der Waals surface area (Å²) in [6.07, 6.45) is 4.64. The van der Waals surface area contributed by atoms with Crippen molar-refractivity contribution in [1.82, 2.24) is 14.3 Å². The van der Waals surface area contributed by atoms with Crippen molar-refractivity contribution in [3.8, 4) is 16.3 Å².